The first-order valence-electron chi connectivity index (χ1n) is 6.84. The van der Waals surface area contributed by atoms with Crippen LogP contribution in [0.25, 0.3) is 0 Å². The molecule has 0 aromatic heterocycles. The van der Waals surface area contributed by atoms with Crippen LogP contribution >= 0.6 is 0 Å². The Labute approximate surface area is 104 Å². The summed E-state index contributed by atoms with van der Waals surface area (Å²) < 4.78 is 5.37. The fourth-order valence-electron chi connectivity index (χ4n) is 2.17. The van der Waals surface area contributed by atoms with Crippen molar-refractivity contribution in [2.24, 2.45) is 5.92 Å². The van der Waals surface area contributed by atoms with Crippen molar-refractivity contribution in [1.82, 2.24) is 10.6 Å². The molecule has 0 saturated carbocycles. The summed E-state index contributed by atoms with van der Waals surface area (Å²) in [6.07, 6.45) is 4.06. The molecule has 2 unspecified atom stereocenters. The number of rotatable bonds is 7. The molecule has 1 amide bonds. The van der Waals surface area contributed by atoms with Crippen LogP contribution in [-0.2, 0) is 9.53 Å². The predicted molar refractivity (Wildman–Crippen MR) is 68.9 cm³/mol. The molecule has 100 valence electrons. The predicted octanol–water partition coefficient (Wildman–Crippen LogP) is 1.31. The number of hydrogen-bond acceptors (Lipinski definition) is 3. The van der Waals surface area contributed by atoms with E-state index in [1.54, 1.807) is 0 Å². The van der Waals surface area contributed by atoms with E-state index in [1.165, 1.54) is 0 Å². The van der Waals surface area contributed by atoms with E-state index in [2.05, 4.69) is 24.5 Å². The van der Waals surface area contributed by atoms with Gasteiger partial charge >= 0.3 is 0 Å². The molecule has 1 heterocycles. The summed E-state index contributed by atoms with van der Waals surface area (Å²) >= 11 is 0. The van der Waals surface area contributed by atoms with Crippen LogP contribution in [0.1, 0.15) is 39.5 Å². The number of hydrogen-bond donors (Lipinski definition) is 2. The Morgan fingerprint density at radius 1 is 1.47 bits per heavy atom. The van der Waals surface area contributed by atoms with Crippen molar-refractivity contribution in [1.29, 1.82) is 0 Å². The van der Waals surface area contributed by atoms with Crippen LogP contribution in [0.5, 0.6) is 0 Å². The van der Waals surface area contributed by atoms with Gasteiger partial charge in [-0.1, -0.05) is 6.92 Å². The summed E-state index contributed by atoms with van der Waals surface area (Å²) in [6.45, 7) is 7.51. The molecule has 1 rings (SSSR count). The van der Waals surface area contributed by atoms with Crippen molar-refractivity contribution in [2.75, 3.05) is 26.3 Å². The van der Waals surface area contributed by atoms with E-state index in [9.17, 15) is 4.79 Å². The summed E-state index contributed by atoms with van der Waals surface area (Å²) in [5, 5.41) is 6.35. The van der Waals surface area contributed by atoms with E-state index >= 15 is 0 Å². The summed E-state index contributed by atoms with van der Waals surface area (Å²) in [4.78, 5) is 11.9. The minimum Gasteiger partial charge on any atom is -0.381 e. The molecule has 1 aliphatic rings. The fourth-order valence-corrected chi connectivity index (χ4v) is 2.17. The van der Waals surface area contributed by atoms with E-state index in [-0.39, 0.29) is 11.8 Å². The molecule has 1 saturated heterocycles. The lowest BCUT2D eigenvalue weighted by Gasteiger charge is -2.28. The lowest BCUT2D eigenvalue weighted by Crippen LogP contribution is -2.46. The van der Waals surface area contributed by atoms with Crippen LogP contribution in [0.3, 0.4) is 0 Å². The van der Waals surface area contributed by atoms with E-state index < -0.39 is 0 Å². The summed E-state index contributed by atoms with van der Waals surface area (Å²) in [6, 6.07) is 0.306. The Kier molecular flexibility index (Phi) is 7.21. The molecule has 0 bridgehead atoms. The number of carbonyl (C=O) groups excluding carboxylic acids is 1. The van der Waals surface area contributed by atoms with E-state index in [1.807, 2.05) is 0 Å². The molecule has 0 aliphatic carbocycles. The van der Waals surface area contributed by atoms with Crippen LogP contribution < -0.4 is 10.6 Å². The van der Waals surface area contributed by atoms with Crippen molar-refractivity contribution in [2.45, 2.75) is 45.6 Å². The standard InChI is InChI=1S/C13H26N2O2/c1-3-9-17-10-5-8-15-13(16)12-6-4-7-14-11(12)2/h11-12,14H,3-10H2,1-2H3,(H,15,16). The third-order valence-electron chi connectivity index (χ3n) is 3.21. The largest absolute Gasteiger partial charge is 0.381 e. The molecule has 0 aromatic rings. The number of amides is 1. The molecule has 2 N–H and O–H groups in total. The molecule has 17 heavy (non-hydrogen) atoms. The molecular weight excluding hydrogens is 216 g/mol. The third kappa shape index (κ3) is 5.50. The highest BCUT2D eigenvalue weighted by Gasteiger charge is 2.26. The van der Waals surface area contributed by atoms with E-state index in [0.29, 0.717) is 6.04 Å². The first kappa shape index (κ1) is 14.5. The van der Waals surface area contributed by atoms with Crippen LogP contribution in [0.2, 0.25) is 0 Å². The van der Waals surface area contributed by atoms with Crippen molar-refractivity contribution in [3.63, 3.8) is 0 Å². The second kappa shape index (κ2) is 8.48. The lowest BCUT2D eigenvalue weighted by atomic mass is 9.91. The highest BCUT2D eigenvalue weighted by Crippen LogP contribution is 2.15. The Morgan fingerprint density at radius 3 is 3.00 bits per heavy atom. The van der Waals surface area contributed by atoms with Crippen molar-refractivity contribution >= 4 is 5.91 Å². The minimum atomic E-state index is 0.139. The molecular formula is C13H26N2O2. The van der Waals surface area contributed by atoms with Crippen LogP contribution in [0.4, 0.5) is 0 Å². The highest BCUT2D eigenvalue weighted by molar-refractivity contribution is 5.79. The quantitative estimate of drug-likeness (QED) is 0.662. The van der Waals surface area contributed by atoms with Gasteiger partial charge in [0.15, 0.2) is 0 Å². The lowest BCUT2D eigenvalue weighted by molar-refractivity contribution is -0.126. The second-order valence-corrected chi connectivity index (χ2v) is 4.75. The van der Waals surface area contributed by atoms with Gasteiger partial charge in [0.05, 0.1) is 5.92 Å². The Morgan fingerprint density at radius 2 is 2.29 bits per heavy atom. The zero-order valence-corrected chi connectivity index (χ0v) is 11.1. The number of carbonyl (C=O) groups is 1. The van der Waals surface area contributed by atoms with Gasteiger partial charge in [-0.3, -0.25) is 4.79 Å². The molecule has 0 radical (unpaired) electrons. The van der Waals surface area contributed by atoms with Gasteiger partial charge in [0.1, 0.15) is 0 Å². The maximum Gasteiger partial charge on any atom is 0.224 e. The van der Waals surface area contributed by atoms with Gasteiger partial charge in [0.25, 0.3) is 0 Å². The summed E-state index contributed by atoms with van der Waals surface area (Å²) in [7, 11) is 0. The summed E-state index contributed by atoms with van der Waals surface area (Å²) in [5.41, 5.74) is 0. The van der Waals surface area contributed by atoms with E-state index in [0.717, 1.165) is 52.0 Å². The van der Waals surface area contributed by atoms with Crippen molar-refractivity contribution < 1.29 is 9.53 Å². The van der Waals surface area contributed by atoms with Crippen LogP contribution in [-0.4, -0.2) is 38.3 Å². The average molecular weight is 242 g/mol. The molecule has 0 spiro atoms. The first-order valence-corrected chi connectivity index (χ1v) is 6.84. The third-order valence-corrected chi connectivity index (χ3v) is 3.21. The molecule has 1 aliphatic heterocycles. The topological polar surface area (TPSA) is 50.4 Å². The maximum atomic E-state index is 11.9. The number of ether oxygens (including phenoxy) is 1. The molecule has 1 fully saturated rings. The Bertz CT molecular complexity index is 221. The fraction of sp³-hybridized carbons (Fsp3) is 0.923. The van der Waals surface area contributed by atoms with Gasteiger partial charge in [-0.05, 0) is 39.2 Å². The van der Waals surface area contributed by atoms with Crippen molar-refractivity contribution in [3.05, 3.63) is 0 Å². The van der Waals surface area contributed by atoms with Gasteiger partial charge in [-0.15, -0.1) is 0 Å². The van der Waals surface area contributed by atoms with Crippen LogP contribution in [0.15, 0.2) is 0 Å². The summed E-state index contributed by atoms with van der Waals surface area (Å²) in [5.74, 6) is 0.334. The zero-order chi connectivity index (χ0) is 12.5. The molecule has 4 nitrogen and oxygen atoms in total. The van der Waals surface area contributed by atoms with Crippen LogP contribution in [0, 0.1) is 5.92 Å². The molecule has 2 atom stereocenters. The zero-order valence-electron chi connectivity index (χ0n) is 11.1. The first-order chi connectivity index (χ1) is 8.25. The van der Waals surface area contributed by atoms with Gasteiger partial charge in [-0.25, -0.2) is 0 Å². The van der Waals surface area contributed by atoms with Gasteiger partial charge < -0.3 is 15.4 Å². The number of nitrogens with one attached hydrogen (secondary N) is 2. The average Bonchev–Trinajstić information content (AvgIpc) is 2.34. The van der Waals surface area contributed by atoms with Gasteiger partial charge in [0.2, 0.25) is 5.91 Å². The monoisotopic (exact) mass is 242 g/mol. The second-order valence-electron chi connectivity index (χ2n) is 4.75. The SMILES string of the molecule is CCCOCCCNC(=O)C1CCCNC1C. The molecule has 4 heteroatoms. The minimum absolute atomic E-state index is 0.139. The van der Waals surface area contributed by atoms with E-state index in [4.69, 9.17) is 4.74 Å². The van der Waals surface area contributed by atoms with Gasteiger partial charge in [-0.2, -0.15) is 0 Å². The highest BCUT2D eigenvalue weighted by atomic mass is 16.5. The Hall–Kier alpha value is -0.610. The smallest absolute Gasteiger partial charge is 0.224 e. The number of piperidine rings is 1. The molecule has 0 aromatic carbocycles. The Balaban J connectivity index is 2.07. The van der Waals surface area contributed by atoms with Gasteiger partial charge in [0, 0.05) is 25.8 Å². The maximum absolute atomic E-state index is 11.9. The van der Waals surface area contributed by atoms with Crippen molar-refractivity contribution in [3.8, 4) is 0 Å². The normalized spacial score (nSPS) is 24.6.